The molecule has 1 aromatic carbocycles. The minimum Gasteiger partial charge on any atom is -0.391 e. The van der Waals surface area contributed by atoms with Gasteiger partial charge in [0.05, 0.1) is 17.7 Å². The lowest BCUT2D eigenvalue weighted by molar-refractivity contribution is 0.0714. The van der Waals surface area contributed by atoms with Gasteiger partial charge in [0.15, 0.2) is 0 Å². The molecule has 5 nitrogen and oxygen atoms in total. The summed E-state index contributed by atoms with van der Waals surface area (Å²) in [6, 6.07) is 9.51. The van der Waals surface area contributed by atoms with Crippen molar-refractivity contribution in [2.24, 2.45) is 4.99 Å². The molecule has 1 aromatic heterocycles. The van der Waals surface area contributed by atoms with Crippen LogP contribution in [0.1, 0.15) is 48.7 Å². The molecule has 0 radical (unpaired) electrons. The number of para-hydroxylation sites is 1. The van der Waals surface area contributed by atoms with E-state index in [1.807, 2.05) is 49.4 Å². The summed E-state index contributed by atoms with van der Waals surface area (Å²) in [7, 11) is 0. The molecule has 0 saturated heterocycles. The third-order valence-corrected chi connectivity index (χ3v) is 5.12. The SMILES string of the molecule is C=N/C=C\C=C(/C)Cc1cc(C(=O)NC2CCCC[C@@H]2O)nc2ccccc12. The van der Waals surface area contributed by atoms with E-state index in [2.05, 4.69) is 22.0 Å². The molecule has 0 bridgehead atoms. The predicted molar refractivity (Wildman–Crippen MR) is 114 cm³/mol. The van der Waals surface area contributed by atoms with Crippen LogP contribution in [0, 0.1) is 0 Å². The van der Waals surface area contributed by atoms with Gasteiger partial charge in [0.25, 0.3) is 5.91 Å². The van der Waals surface area contributed by atoms with Crippen molar-refractivity contribution in [2.45, 2.75) is 51.2 Å². The number of hydrogen-bond donors (Lipinski definition) is 2. The molecule has 1 aliphatic carbocycles. The van der Waals surface area contributed by atoms with E-state index in [9.17, 15) is 9.90 Å². The first-order chi connectivity index (χ1) is 13.6. The Hall–Kier alpha value is -2.79. The van der Waals surface area contributed by atoms with Crippen LogP contribution in [0.2, 0.25) is 0 Å². The number of fused-ring (bicyclic) bond motifs is 1. The number of amides is 1. The molecule has 2 atom stereocenters. The van der Waals surface area contributed by atoms with E-state index >= 15 is 0 Å². The van der Waals surface area contributed by atoms with Crippen LogP contribution in [0.4, 0.5) is 0 Å². The van der Waals surface area contributed by atoms with Gasteiger partial charge in [0.2, 0.25) is 0 Å². The molecular weight excluding hydrogens is 350 g/mol. The standard InChI is InChI=1S/C23H27N3O2/c1-16(8-7-13-24-2)14-17-15-21(25-19-10-4-3-9-18(17)19)23(28)26-20-11-5-6-12-22(20)27/h3-4,7-10,13,15,20,22,27H,2,5-6,11-12,14H2,1H3,(H,26,28)/b13-7-,16-8+/t20?,22-/m0/s1. The second kappa shape index (κ2) is 9.42. The van der Waals surface area contributed by atoms with Crippen LogP contribution in [0.25, 0.3) is 10.9 Å². The molecule has 2 aromatic rings. The minimum absolute atomic E-state index is 0.198. The van der Waals surface area contributed by atoms with Crippen molar-refractivity contribution in [3.8, 4) is 0 Å². The third-order valence-electron chi connectivity index (χ3n) is 5.12. The molecule has 0 spiro atoms. The van der Waals surface area contributed by atoms with E-state index in [-0.39, 0.29) is 11.9 Å². The number of aliphatic hydroxyl groups excluding tert-OH is 1. The van der Waals surface area contributed by atoms with Crippen molar-refractivity contribution in [1.29, 1.82) is 0 Å². The number of allylic oxidation sites excluding steroid dienone is 3. The van der Waals surface area contributed by atoms with Crippen LogP contribution in [0.5, 0.6) is 0 Å². The Balaban J connectivity index is 1.88. The second-order valence-electron chi connectivity index (χ2n) is 7.33. The summed E-state index contributed by atoms with van der Waals surface area (Å²) in [6.07, 6.45) is 9.28. The maximum absolute atomic E-state index is 12.8. The fourth-order valence-electron chi connectivity index (χ4n) is 3.66. The molecule has 1 heterocycles. The van der Waals surface area contributed by atoms with Crippen LogP contribution in [-0.4, -0.2) is 34.9 Å². The monoisotopic (exact) mass is 377 g/mol. The smallest absolute Gasteiger partial charge is 0.270 e. The molecule has 3 rings (SSSR count). The average molecular weight is 377 g/mol. The van der Waals surface area contributed by atoms with Gasteiger partial charge in [-0.25, -0.2) is 4.98 Å². The first-order valence-electron chi connectivity index (χ1n) is 9.74. The Morgan fingerprint density at radius 1 is 1.36 bits per heavy atom. The number of aliphatic hydroxyl groups is 1. The van der Waals surface area contributed by atoms with E-state index in [4.69, 9.17) is 0 Å². The molecule has 0 aliphatic heterocycles. The van der Waals surface area contributed by atoms with E-state index in [1.54, 1.807) is 6.20 Å². The second-order valence-corrected chi connectivity index (χ2v) is 7.33. The summed E-state index contributed by atoms with van der Waals surface area (Å²) in [5, 5.41) is 14.2. The van der Waals surface area contributed by atoms with Crippen LogP contribution >= 0.6 is 0 Å². The topological polar surface area (TPSA) is 74.6 Å². The number of pyridine rings is 1. The number of nitrogens with one attached hydrogen (secondary N) is 1. The predicted octanol–water partition coefficient (Wildman–Crippen LogP) is 3.97. The lowest BCUT2D eigenvalue weighted by atomic mass is 9.92. The van der Waals surface area contributed by atoms with Crippen molar-refractivity contribution < 1.29 is 9.90 Å². The molecule has 1 amide bonds. The van der Waals surface area contributed by atoms with Crippen molar-refractivity contribution in [2.75, 3.05) is 0 Å². The highest BCUT2D eigenvalue weighted by Gasteiger charge is 2.25. The summed E-state index contributed by atoms with van der Waals surface area (Å²) >= 11 is 0. The number of aromatic nitrogens is 1. The zero-order chi connectivity index (χ0) is 19.9. The van der Waals surface area contributed by atoms with Gasteiger partial charge in [-0.05, 0) is 56.7 Å². The minimum atomic E-state index is -0.479. The maximum Gasteiger partial charge on any atom is 0.270 e. The molecular formula is C23H27N3O2. The van der Waals surface area contributed by atoms with Crippen molar-refractivity contribution in [3.05, 3.63) is 65.5 Å². The molecule has 2 N–H and O–H groups in total. The van der Waals surface area contributed by atoms with Crippen LogP contribution in [-0.2, 0) is 6.42 Å². The molecule has 146 valence electrons. The average Bonchev–Trinajstić information content (AvgIpc) is 2.70. The number of aliphatic imine (C=N–C) groups is 1. The largest absolute Gasteiger partial charge is 0.391 e. The lowest BCUT2D eigenvalue weighted by Gasteiger charge is -2.28. The van der Waals surface area contributed by atoms with Crippen LogP contribution in [0.3, 0.4) is 0 Å². The van der Waals surface area contributed by atoms with Gasteiger partial charge in [0.1, 0.15) is 5.69 Å². The Kier molecular flexibility index (Phi) is 6.71. The summed E-state index contributed by atoms with van der Waals surface area (Å²) in [6.45, 7) is 5.47. The molecule has 1 fully saturated rings. The van der Waals surface area contributed by atoms with E-state index < -0.39 is 6.10 Å². The van der Waals surface area contributed by atoms with Crippen molar-refractivity contribution >= 4 is 23.5 Å². The highest BCUT2D eigenvalue weighted by Crippen LogP contribution is 2.22. The quantitative estimate of drug-likeness (QED) is 0.591. The fraction of sp³-hybridized carbons (Fsp3) is 0.348. The van der Waals surface area contributed by atoms with Gasteiger partial charge >= 0.3 is 0 Å². The first kappa shape index (κ1) is 20.0. The first-order valence-corrected chi connectivity index (χ1v) is 9.74. The summed E-state index contributed by atoms with van der Waals surface area (Å²) in [5.74, 6) is -0.227. The summed E-state index contributed by atoms with van der Waals surface area (Å²) in [4.78, 5) is 21.1. The van der Waals surface area contributed by atoms with Gasteiger partial charge in [0, 0.05) is 11.6 Å². The Morgan fingerprint density at radius 3 is 2.93 bits per heavy atom. The molecule has 5 heteroatoms. The highest BCUT2D eigenvalue weighted by atomic mass is 16.3. The number of carbonyl (C=O) groups excluding carboxylic acids is 1. The van der Waals surface area contributed by atoms with Gasteiger partial charge < -0.3 is 10.4 Å². The fourth-order valence-corrected chi connectivity index (χ4v) is 3.66. The van der Waals surface area contributed by atoms with E-state index in [1.165, 1.54) is 0 Å². The number of benzene rings is 1. The number of nitrogens with zero attached hydrogens (tertiary/aromatic N) is 2. The molecule has 1 saturated carbocycles. The Morgan fingerprint density at radius 2 is 2.14 bits per heavy atom. The van der Waals surface area contributed by atoms with E-state index in [0.717, 1.165) is 47.7 Å². The summed E-state index contributed by atoms with van der Waals surface area (Å²) in [5.41, 5.74) is 3.38. The van der Waals surface area contributed by atoms with Crippen molar-refractivity contribution in [3.63, 3.8) is 0 Å². The number of rotatable bonds is 6. The maximum atomic E-state index is 12.8. The van der Waals surface area contributed by atoms with Gasteiger partial charge in [-0.2, -0.15) is 0 Å². The summed E-state index contributed by atoms with van der Waals surface area (Å²) < 4.78 is 0. The van der Waals surface area contributed by atoms with Crippen LogP contribution in [0.15, 0.2) is 59.2 Å². The number of carbonyl (C=O) groups is 1. The zero-order valence-electron chi connectivity index (χ0n) is 16.3. The molecule has 28 heavy (non-hydrogen) atoms. The van der Waals surface area contributed by atoms with E-state index in [0.29, 0.717) is 12.1 Å². The molecule has 1 aliphatic rings. The third kappa shape index (κ3) is 4.93. The van der Waals surface area contributed by atoms with Crippen LogP contribution < -0.4 is 5.32 Å². The lowest BCUT2D eigenvalue weighted by Crippen LogP contribution is -2.45. The Labute approximate surface area is 165 Å². The van der Waals surface area contributed by atoms with Gasteiger partial charge in [-0.15, -0.1) is 0 Å². The normalized spacial score (nSPS) is 20.4. The zero-order valence-corrected chi connectivity index (χ0v) is 16.3. The van der Waals surface area contributed by atoms with Gasteiger partial charge in [-0.3, -0.25) is 9.79 Å². The Bertz CT molecular complexity index is 917. The van der Waals surface area contributed by atoms with Gasteiger partial charge in [-0.1, -0.05) is 42.7 Å². The molecule has 1 unspecified atom stereocenters. The van der Waals surface area contributed by atoms with Crippen molar-refractivity contribution in [1.82, 2.24) is 10.3 Å². The highest BCUT2D eigenvalue weighted by molar-refractivity contribution is 5.96. The number of hydrogen-bond acceptors (Lipinski definition) is 4.